The number of nitrogens with zero attached hydrogens (tertiary/aromatic N) is 3. The predicted octanol–water partition coefficient (Wildman–Crippen LogP) is 4.84. The van der Waals surface area contributed by atoms with Gasteiger partial charge in [0.1, 0.15) is 5.82 Å². The molecule has 146 valence electrons. The van der Waals surface area contributed by atoms with Gasteiger partial charge in [-0.3, -0.25) is 9.98 Å². The van der Waals surface area contributed by atoms with Crippen molar-refractivity contribution in [1.29, 1.82) is 0 Å². The zero-order valence-electron chi connectivity index (χ0n) is 16.0. The molecule has 4 aromatic rings. The van der Waals surface area contributed by atoms with Gasteiger partial charge >= 0.3 is 0 Å². The first kappa shape index (κ1) is 18.7. The van der Waals surface area contributed by atoms with Gasteiger partial charge < -0.3 is 15.0 Å². The number of likely N-dealkylation sites (N-methyl/N-ethyl adjacent to an activating group) is 1. The van der Waals surface area contributed by atoms with Crippen LogP contribution in [-0.2, 0) is 6.42 Å². The van der Waals surface area contributed by atoms with Gasteiger partial charge in [-0.2, -0.15) is 0 Å². The maximum Gasteiger partial charge on any atom is 0.198 e. The molecule has 0 unspecified atom stereocenters. The van der Waals surface area contributed by atoms with Crippen LogP contribution in [0.5, 0.6) is 5.88 Å². The lowest BCUT2D eigenvalue weighted by Gasteiger charge is -2.19. The highest BCUT2D eigenvalue weighted by Gasteiger charge is 2.09. The summed E-state index contributed by atoms with van der Waals surface area (Å²) in [5.74, 6) is -0.384. The normalized spacial score (nSPS) is 11.4. The Labute approximate surface area is 168 Å². The third kappa shape index (κ3) is 4.27. The molecule has 2 heterocycles. The summed E-state index contributed by atoms with van der Waals surface area (Å²) in [7, 11) is 2.05. The van der Waals surface area contributed by atoms with E-state index in [1.54, 1.807) is 12.3 Å². The van der Waals surface area contributed by atoms with Crippen LogP contribution in [0.4, 0.5) is 15.8 Å². The SMILES string of the molecule is CN(CCc1ccccn1)c1ccc(N=Cc2c(O)[nH]c3cc(F)ccc23)cc1. The number of aromatic hydroxyl groups is 1. The second-order valence-corrected chi connectivity index (χ2v) is 6.84. The minimum atomic E-state index is -0.356. The Bertz CT molecular complexity index is 1140. The number of pyridine rings is 1. The number of hydrogen-bond acceptors (Lipinski definition) is 4. The third-order valence-electron chi connectivity index (χ3n) is 4.84. The highest BCUT2D eigenvalue weighted by molar-refractivity contribution is 6.02. The van der Waals surface area contributed by atoms with Crippen molar-refractivity contribution in [2.24, 2.45) is 4.99 Å². The summed E-state index contributed by atoms with van der Waals surface area (Å²) in [4.78, 5) is 13.7. The molecule has 5 nitrogen and oxygen atoms in total. The zero-order valence-corrected chi connectivity index (χ0v) is 16.0. The van der Waals surface area contributed by atoms with E-state index in [9.17, 15) is 9.50 Å². The van der Waals surface area contributed by atoms with Gasteiger partial charge in [-0.05, 0) is 54.6 Å². The summed E-state index contributed by atoms with van der Waals surface area (Å²) in [5.41, 5.74) is 4.00. The van der Waals surface area contributed by atoms with Gasteiger partial charge in [0.2, 0.25) is 0 Å². The van der Waals surface area contributed by atoms with Gasteiger partial charge in [0.05, 0.1) is 16.8 Å². The van der Waals surface area contributed by atoms with Gasteiger partial charge in [0.25, 0.3) is 0 Å². The highest BCUT2D eigenvalue weighted by Crippen LogP contribution is 2.27. The molecule has 0 aliphatic heterocycles. The van der Waals surface area contributed by atoms with Crippen LogP contribution in [0, 0.1) is 5.82 Å². The Morgan fingerprint density at radius 3 is 2.72 bits per heavy atom. The molecule has 2 N–H and O–H groups in total. The fraction of sp³-hybridized carbons (Fsp3) is 0.130. The van der Waals surface area contributed by atoms with Gasteiger partial charge in [-0.15, -0.1) is 0 Å². The molecule has 0 spiro atoms. The van der Waals surface area contributed by atoms with E-state index >= 15 is 0 Å². The predicted molar refractivity (Wildman–Crippen MR) is 115 cm³/mol. The third-order valence-corrected chi connectivity index (χ3v) is 4.84. The molecule has 6 heteroatoms. The second-order valence-electron chi connectivity index (χ2n) is 6.84. The van der Waals surface area contributed by atoms with E-state index in [1.807, 2.05) is 55.7 Å². The van der Waals surface area contributed by atoms with E-state index in [0.717, 1.165) is 35.4 Å². The molecule has 0 radical (unpaired) electrons. The Morgan fingerprint density at radius 1 is 1.14 bits per heavy atom. The summed E-state index contributed by atoms with van der Waals surface area (Å²) in [6, 6.07) is 18.2. The quantitative estimate of drug-likeness (QED) is 0.465. The monoisotopic (exact) mass is 388 g/mol. The number of rotatable bonds is 6. The summed E-state index contributed by atoms with van der Waals surface area (Å²) in [6.45, 7) is 0.861. The van der Waals surface area contributed by atoms with E-state index in [0.29, 0.717) is 11.1 Å². The zero-order chi connectivity index (χ0) is 20.2. The largest absolute Gasteiger partial charge is 0.494 e. The first-order chi connectivity index (χ1) is 14.1. The van der Waals surface area contributed by atoms with Crippen molar-refractivity contribution < 1.29 is 9.50 Å². The maximum atomic E-state index is 13.3. The molecule has 0 saturated heterocycles. The second kappa shape index (κ2) is 8.14. The number of aromatic nitrogens is 2. The maximum absolute atomic E-state index is 13.3. The van der Waals surface area contributed by atoms with Crippen molar-refractivity contribution in [3.05, 3.63) is 83.9 Å². The molecule has 0 aliphatic carbocycles. The summed E-state index contributed by atoms with van der Waals surface area (Å²) >= 11 is 0. The summed E-state index contributed by atoms with van der Waals surface area (Å²) in [5, 5.41) is 10.8. The van der Waals surface area contributed by atoms with Gasteiger partial charge in [0.15, 0.2) is 5.88 Å². The van der Waals surface area contributed by atoms with Crippen molar-refractivity contribution in [1.82, 2.24) is 9.97 Å². The molecule has 0 saturated carbocycles. The minimum absolute atomic E-state index is 0.0276. The molecule has 0 bridgehead atoms. The summed E-state index contributed by atoms with van der Waals surface area (Å²) in [6.07, 6.45) is 4.27. The van der Waals surface area contributed by atoms with Crippen molar-refractivity contribution in [2.45, 2.75) is 6.42 Å². The molecule has 0 fully saturated rings. The first-order valence-electron chi connectivity index (χ1n) is 9.35. The lowest BCUT2D eigenvalue weighted by Crippen LogP contribution is -2.20. The lowest BCUT2D eigenvalue weighted by atomic mass is 10.2. The van der Waals surface area contributed by atoms with Crippen LogP contribution in [0.1, 0.15) is 11.3 Å². The fourth-order valence-corrected chi connectivity index (χ4v) is 3.20. The number of aromatic amines is 1. The fourth-order valence-electron chi connectivity index (χ4n) is 3.20. The number of hydrogen-bond donors (Lipinski definition) is 2. The number of benzene rings is 2. The van der Waals surface area contributed by atoms with Crippen molar-refractivity contribution in [3.63, 3.8) is 0 Å². The summed E-state index contributed by atoms with van der Waals surface area (Å²) < 4.78 is 13.3. The van der Waals surface area contributed by atoms with Crippen LogP contribution in [-0.4, -0.2) is 34.9 Å². The van der Waals surface area contributed by atoms with Crippen LogP contribution < -0.4 is 4.90 Å². The number of H-pyrrole nitrogens is 1. The van der Waals surface area contributed by atoms with E-state index in [1.165, 1.54) is 12.1 Å². The Hall–Kier alpha value is -3.67. The van der Waals surface area contributed by atoms with Crippen molar-refractivity contribution >= 4 is 28.5 Å². The Balaban J connectivity index is 1.45. The number of anilines is 1. The molecule has 2 aromatic heterocycles. The molecule has 0 amide bonds. The molecule has 0 atom stereocenters. The number of fused-ring (bicyclic) bond motifs is 1. The van der Waals surface area contributed by atoms with Crippen molar-refractivity contribution in [3.8, 4) is 5.88 Å². The average Bonchev–Trinajstić information content (AvgIpc) is 3.05. The minimum Gasteiger partial charge on any atom is -0.494 e. The van der Waals surface area contributed by atoms with Crippen LogP contribution in [0.3, 0.4) is 0 Å². The van der Waals surface area contributed by atoms with Crippen LogP contribution in [0.2, 0.25) is 0 Å². The van der Waals surface area contributed by atoms with Gasteiger partial charge in [-0.1, -0.05) is 6.07 Å². The smallest absolute Gasteiger partial charge is 0.198 e. The Kier molecular flexibility index (Phi) is 5.24. The molecule has 29 heavy (non-hydrogen) atoms. The number of halogens is 1. The molecule has 4 rings (SSSR count). The van der Waals surface area contributed by atoms with E-state index in [-0.39, 0.29) is 11.7 Å². The highest BCUT2D eigenvalue weighted by atomic mass is 19.1. The van der Waals surface area contributed by atoms with E-state index in [2.05, 4.69) is 19.9 Å². The lowest BCUT2D eigenvalue weighted by molar-refractivity contribution is 0.457. The number of nitrogens with one attached hydrogen (secondary N) is 1. The topological polar surface area (TPSA) is 64.5 Å². The molecular formula is C23H21FN4O. The van der Waals surface area contributed by atoms with Crippen molar-refractivity contribution in [2.75, 3.05) is 18.5 Å². The average molecular weight is 388 g/mol. The number of aliphatic imine (C=N–C) groups is 1. The van der Waals surface area contributed by atoms with Crippen LogP contribution in [0.25, 0.3) is 10.9 Å². The molecule has 2 aromatic carbocycles. The first-order valence-corrected chi connectivity index (χ1v) is 9.35. The molecular weight excluding hydrogens is 367 g/mol. The van der Waals surface area contributed by atoms with Crippen LogP contribution in [0.15, 0.2) is 71.9 Å². The standard InChI is InChI=1S/C23H21FN4O/c1-28(13-11-17-4-2-3-12-25-17)19-8-6-18(7-9-19)26-15-21-20-10-5-16(24)14-22(20)27-23(21)29/h2-10,12,14-15,27,29H,11,13H2,1H3. The van der Waals surface area contributed by atoms with E-state index < -0.39 is 0 Å². The Morgan fingerprint density at radius 2 is 1.97 bits per heavy atom. The molecule has 0 aliphatic rings. The van der Waals surface area contributed by atoms with Gasteiger partial charge in [0, 0.05) is 49.2 Å². The van der Waals surface area contributed by atoms with Gasteiger partial charge in [-0.25, -0.2) is 4.39 Å². The van der Waals surface area contributed by atoms with Crippen LogP contribution >= 0.6 is 0 Å². The van der Waals surface area contributed by atoms with E-state index in [4.69, 9.17) is 0 Å².